The molecule has 1 aromatic carbocycles. The van der Waals surface area contributed by atoms with Crippen molar-refractivity contribution in [3.63, 3.8) is 0 Å². The van der Waals surface area contributed by atoms with E-state index in [0.717, 1.165) is 12.8 Å². The molecule has 3 rings (SSSR count). The molecule has 0 bridgehead atoms. The molecule has 1 atom stereocenters. The SMILES string of the molecule is O=C(c1cc([N+](=O)[O-])ccc1Cl)N1CCCC(Oc2cccnn2)C1. The second-order valence-electron chi connectivity index (χ2n) is 5.62. The first-order valence-corrected chi connectivity index (χ1v) is 8.10. The summed E-state index contributed by atoms with van der Waals surface area (Å²) in [7, 11) is 0. The fourth-order valence-electron chi connectivity index (χ4n) is 2.70. The summed E-state index contributed by atoms with van der Waals surface area (Å²) < 4.78 is 5.76. The van der Waals surface area contributed by atoms with Crippen molar-refractivity contribution >= 4 is 23.2 Å². The van der Waals surface area contributed by atoms with Gasteiger partial charge in [-0.2, -0.15) is 5.10 Å². The highest BCUT2D eigenvalue weighted by molar-refractivity contribution is 6.33. The lowest BCUT2D eigenvalue weighted by Crippen LogP contribution is -2.44. The number of nitro groups is 1. The highest BCUT2D eigenvalue weighted by Crippen LogP contribution is 2.25. The number of halogens is 1. The first-order chi connectivity index (χ1) is 12.0. The Morgan fingerprint density at radius 1 is 1.40 bits per heavy atom. The molecule has 1 aromatic heterocycles. The minimum Gasteiger partial charge on any atom is -0.471 e. The maximum Gasteiger partial charge on any atom is 0.270 e. The van der Waals surface area contributed by atoms with Crippen LogP contribution in [0.15, 0.2) is 36.5 Å². The van der Waals surface area contributed by atoms with Crippen LogP contribution in [0.3, 0.4) is 0 Å². The van der Waals surface area contributed by atoms with E-state index in [0.29, 0.717) is 19.0 Å². The Bertz CT molecular complexity index is 787. The molecule has 1 amide bonds. The number of rotatable bonds is 4. The van der Waals surface area contributed by atoms with Crippen LogP contribution in [0.1, 0.15) is 23.2 Å². The van der Waals surface area contributed by atoms with Crippen molar-refractivity contribution in [3.05, 3.63) is 57.2 Å². The summed E-state index contributed by atoms with van der Waals surface area (Å²) in [5.74, 6) is 0.0522. The van der Waals surface area contributed by atoms with E-state index in [1.807, 2.05) is 0 Å². The second kappa shape index (κ2) is 7.43. The molecule has 1 saturated heterocycles. The molecule has 0 radical (unpaired) electrons. The molecule has 0 spiro atoms. The van der Waals surface area contributed by atoms with Crippen molar-refractivity contribution < 1.29 is 14.5 Å². The van der Waals surface area contributed by atoms with Crippen molar-refractivity contribution in [1.29, 1.82) is 0 Å². The van der Waals surface area contributed by atoms with Crippen LogP contribution >= 0.6 is 11.6 Å². The van der Waals surface area contributed by atoms with Crippen LogP contribution in [0.25, 0.3) is 0 Å². The van der Waals surface area contributed by atoms with Crippen LogP contribution in [-0.4, -0.2) is 45.1 Å². The van der Waals surface area contributed by atoms with Crippen LogP contribution in [0.5, 0.6) is 5.88 Å². The summed E-state index contributed by atoms with van der Waals surface area (Å²) in [5, 5.41) is 18.7. The maximum absolute atomic E-state index is 12.7. The van der Waals surface area contributed by atoms with Crippen molar-refractivity contribution in [1.82, 2.24) is 15.1 Å². The number of hydrogen-bond donors (Lipinski definition) is 0. The van der Waals surface area contributed by atoms with Gasteiger partial charge in [0.1, 0.15) is 6.10 Å². The number of carbonyl (C=O) groups excluding carboxylic acids is 1. The molecule has 0 saturated carbocycles. The average Bonchev–Trinajstić information content (AvgIpc) is 2.62. The van der Waals surface area contributed by atoms with Crippen LogP contribution in [0.2, 0.25) is 5.02 Å². The number of amides is 1. The largest absolute Gasteiger partial charge is 0.471 e. The fourth-order valence-corrected chi connectivity index (χ4v) is 2.90. The van der Waals surface area contributed by atoms with E-state index in [9.17, 15) is 14.9 Å². The molecule has 2 aromatic rings. The highest BCUT2D eigenvalue weighted by Gasteiger charge is 2.28. The lowest BCUT2D eigenvalue weighted by Gasteiger charge is -2.32. The van der Waals surface area contributed by atoms with Gasteiger partial charge in [-0.05, 0) is 25.0 Å². The number of likely N-dealkylation sites (tertiary alicyclic amines) is 1. The van der Waals surface area contributed by atoms with E-state index in [-0.39, 0.29) is 28.3 Å². The standard InChI is InChI=1S/C16H15ClN4O4/c17-14-6-5-11(21(23)24)9-13(14)16(22)20-8-2-3-12(10-20)25-15-4-1-7-18-19-15/h1,4-7,9,12H,2-3,8,10H2. The average molecular weight is 363 g/mol. The van der Waals surface area contributed by atoms with E-state index >= 15 is 0 Å². The molecule has 9 heteroatoms. The van der Waals surface area contributed by atoms with E-state index in [1.54, 1.807) is 23.2 Å². The number of nitro benzene ring substituents is 1. The molecule has 1 unspecified atom stereocenters. The fraction of sp³-hybridized carbons (Fsp3) is 0.312. The number of aromatic nitrogens is 2. The summed E-state index contributed by atoms with van der Waals surface area (Å²) in [6.07, 6.45) is 2.87. The molecule has 1 fully saturated rings. The molecule has 0 aliphatic carbocycles. The van der Waals surface area contributed by atoms with Crippen molar-refractivity contribution in [3.8, 4) is 5.88 Å². The monoisotopic (exact) mass is 362 g/mol. The van der Waals surface area contributed by atoms with Gasteiger partial charge in [-0.25, -0.2) is 0 Å². The normalized spacial score (nSPS) is 17.2. The van der Waals surface area contributed by atoms with Crippen LogP contribution < -0.4 is 4.74 Å². The summed E-state index contributed by atoms with van der Waals surface area (Å²) in [5.41, 5.74) is -0.0480. The summed E-state index contributed by atoms with van der Waals surface area (Å²) >= 11 is 6.06. The van der Waals surface area contributed by atoms with Crippen molar-refractivity contribution in [2.24, 2.45) is 0 Å². The summed E-state index contributed by atoms with van der Waals surface area (Å²) in [4.78, 5) is 24.7. The number of benzene rings is 1. The second-order valence-corrected chi connectivity index (χ2v) is 6.02. The van der Waals surface area contributed by atoms with Gasteiger partial charge in [0.05, 0.1) is 22.1 Å². The Morgan fingerprint density at radius 2 is 2.24 bits per heavy atom. The lowest BCUT2D eigenvalue weighted by atomic mass is 10.1. The van der Waals surface area contributed by atoms with Gasteiger partial charge in [-0.15, -0.1) is 5.10 Å². The van der Waals surface area contributed by atoms with Crippen LogP contribution in [0, 0.1) is 10.1 Å². The van der Waals surface area contributed by atoms with Crippen molar-refractivity contribution in [2.45, 2.75) is 18.9 Å². The minimum absolute atomic E-state index is 0.121. The van der Waals surface area contributed by atoms with Gasteiger partial charge in [0.25, 0.3) is 11.6 Å². The number of ether oxygens (including phenoxy) is 1. The molecular weight excluding hydrogens is 348 g/mol. The van der Waals surface area contributed by atoms with Crippen molar-refractivity contribution in [2.75, 3.05) is 13.1 Å². The van der Waals surface area contributed by atoms with Gasteiger partial charge in [-0.3, -0.25) is 14.9 Å². The molecule has 2 heterocycles. The van der Waals surface area contributed by atoms with Gasteiger partial charge in [-0.1, -0.05) is 11.6 Å². The predicted molar refractivity (Wildman–Crippen MR) is 89.7 cm³/mol. The van der Waals surface area contributed by atoms with E-state index in [1.165, 1.54) is 18.2 Å². The highest BCUT2D eigenvalue weighted by atomic mass is 35.5. The van der Waals surface area contributed by atoms with E-state index in [4.69, 9.17) is 16.3 Å². The summed E-state index contributed by atoms with van der Waals surface area (Å²) in [6, 6.07) is 7.26. The lowest BCUT2D eigenvalue weighted by molar-refractivity contribution is -0.384. The minimum atomic E-state index is -0.552. The number of nitrogens with zero attached hydrogens (tertiary/aromatic N) is 4. The predicted octanol–water partition coefficient (Wildman–Crippen LogP) is 2.72. The Balaban J connectivity index is 1.74. The maximum atomic E-state index is 12.7. The zero-order chi connectivity index (χ0) is 17.8. The Morgan fingerprint density at radius 3 is 2.96 bits per heavy atom. The van der Waals surface area contributed by atoms with Gasteiger partial charge >= 0.3 is 0 Å². The topological polar surface area (TPSA) is 98.5 Å². The van der Waals surface area contributed by atoms with Crippen LogP contribution in [-0.2, 0) is 0 Å². The molecule has 25 heavy (non-hydrogen) atoms. The Kier molecular flexibility index (Phi) is 5.08. The number of hydrogen-bond acceptors (Lipinski definition) is 6. The molecule has 130 valence electrons. The Labute approximate surface area is 148 Å². The zero-order valence-corrected chi connectivity index (χ0v) is 13.9. The smallest absolute Gasteiger partial charge is 0.270 e. The third-order valence-electron chi connectivity index (χ3n) is 3.89. The van der Waals surface area contributed by atoms with Crippen LogP contribution in [0.4, 0.5) is 5.69 Å². The molecule has 1 aliphatic heterocycles. The zero-order valence-electron chi connectivity index (χ0n) is 13.2. The van der Waals surface area contributed by atoms with Gasteiger partial charge in [0.15, 0.2) is 0 Å². The molecular formula is C16H15ClN4O4. The third kappa shape index (κ3) is 4.03. The number of piperidine rings is 1. The van der Waals surface area contributed by atoms with E-state index in [2.05, 4.69) is 10.2 Å². The molecule has 8 nitrogen and oxygen atoms in total. The molecule has 1 aliphatic rings. The van der Waals surface area contributed by atoms with Gasteiger partial charge in [0, 0.05) is 30.9 Å². The third-order valence-corrected chi connectivity index (χ3v) is 4.22. The Hall–Kier alpha value is -2.74. The van der Waals surface area contributed by atoms with Gasteiger partial charge in [0.2, 0.25) is 5.88 Å². The first kappa shape index (κ1) is 17.1. The number of carbonyl (C=O) groups is 1. The van der Waals surface area contributed by atoms with Gasteiger partial charge < -0.3 is 9.64 Å². The first-order valence-electron chi connectivity index (χ1n) is 7.72. The quantitative estimate of drug-likeness (QED) is 0.612. The molecule has 0 N–H and O–H groups in total. The summed E-state index contributed by atoms with van der Waals surface area (Å²) in [6.45, 7) is 0.895. The van der Waals surface area contributed by atoms with E-state index < -0.39 is 4.92 Å². The number of non-ortho nitro benzene ring substituents is 1.